The number of nitrogens with zero attached hydrogens (tertiary/aromatic N) is 1. The maximum absolute atomic E-state index is 12.0. The van der Waals surface area contributed by atoms with E-state index in [9.17, 15) is 8.42 Å². The molecule has 0 atom stereocenters. The van der Waals surface area contributed by atoms with Crippen molar-refractivity contribution in [1.82, 2.24) is 4.31 Å². The van der Waals surface area contributed by atoms with Crippen LogP contribution in [0.3, 0.4) is 0 Å². The largest absolute Gasteiger partial charge is 0.323 e. The predicted molar refractivity (Wildman–Crippen MR) is 66.6 cm³/mol. The van der Waals surface area contributed by atoms with Crippen LogP contribution in [0.4, 0.5) is 0 Å². The van der Waals surface area contributed by atoms with Gasteiger partial charge < -0.3 is 5.73 Å². The van der Waals surface area contributed by atoms with Crippen molar-refractivity contribution in [2.45, 2.75) is 40.2 Å². The zero-order valence-corrected chi connectivity index (χ0v) is 11.8. The number of rotatable bonds is 3. The van der Waals surface area contributed by atoms with Gasteiger partial charge in [-0.25, -0.2) is 8.42 Å². The van der Waals surface area contributed by atoms with Gasteiger partial charge in [-0.3, -0.25) is 0 Å². The molecule has 0 aromatic heterocycles. The summed E-state index contributed by atoms with van der Waals surface area (Å²) < 4.78 is 25.5. The van der Waals surface area contributed by atoms with E-state index in [0.717, 1.165) is 0 Å². The molecule has 1 aliphatic heterocycles. The third-order valence-electron chi connectivity index (χ3n) is 3.10. The molecule has 0 aromatic rings. The SMILES string of the molecule is CC(C)C1(N)CN(S(=O)(=O)CC(C)(C)C)C1. The Kier molecular flexibility index (Phi) is 3.45. The molecule has 0 bridgehead atoms. The van der Waals surface area contributed by atoms with Crippen LogP contribution in [0.1, 0.15) is 34.6 Å². The molecule has 0 unspecified atom stereocenters. The highest BCUT2D eigenvalue weighted by Crippen LogP contribution is 2.30. The van der Waals surface area contributed by atoms with Crippen molar-refractivity contribution >= 4 is 10.0 Å². The standard InChI is InChI=1S/C11H24N2O2S/c1-9(2)11(12)6-13(7-11)16(14,15)8-10(3,4)5/h9H,6-8,12H2,1-5H3. The molecule has 0 saturated carbocycles. The number of sulfonamides is 1. The Bertz CT molecular complexity index is 349. The van der Waals surface area contributed by atoms with Crippen molar-refractivity contribution in [2.24, 2.45) is 17.1 Å². The van der Waals surface area contributed by atoms with Crippen LogP contribution < -0.4 is 5.73 Å². The average Bonchev–Trinajstić information content (AvgIpc) is 1.92. The van der Waals surface area contributed by atoms with Crippen molar-refractivity contribution in [3.63, 3.8) is 0 Å². The minimum Gasteiger partial charge on any atom is -0.323 e. The summed E-state index contributed by atoms with van der Waals surface area (Å²) in [4.78, 5) is 0. The highest BCUT2D eigenvalue weighted by Gasteiger charge is 2.47. The zero-order valence-electron chi connectivity index (χ0n) is 10.9. The lowest BCUT2D eigenvalue weighted by Crippen LogP contribution is -2.71. The van der Waals surface area contributed by atoms with E-state index < -0.39 is 10.0 Å². The van der Waals surface area contributed by atoms with Gasteiger partial charge >= 0.3 is 0 Å². The summed E-state index contributed by atoms with van der Waals surface area (Å²) in [5, 5.41) is 0. The van der Waals surface area contributed by atoms with E-state index in [1.54, 1.807) is 0 Å². The summed E-state index contributed by atoms with van der Waals surface area (Å²) in [6.07, 6.45) is 0. The van der Waals surface area contributed by atoms with Gasteiger partial charge in [-0.1, -0.05) is 34.6 Å². The van der Waals surface area contributed by atoms with Crippen LogP contribution in [0, 0.1) is 11.3 Å². The van der Waals surface area contributed by atoms with Crippen LogP contribution >= 0.6 is 0 Å². The molecular formula is C11H24N2O2S. The number of hydrogen-bond donors (Lipinski definition) is 1. The summed E-state index contributed by atoms with van der Waals surface area (Å²) >= 11 is 0. The van der Waals surface area contributed by atoms with E-state index >= 15 is 0 Å². The van der Waals surface area contributed by atoms with Crippen molar-refractivity contribution < 1.29 is 8.42 Å². The van der Waals surface area contributed by atoms with E-state index in [-0.39, 0.29) is 16.7 Å². The van der Waals surface area contributed by atoms with Crippen molar-refractivity contribution in [1.29, 1.82) is 0 Å². The highest BCUT2D eigenvalue weighted by molar-refractivity contribution is 7.89. The van der Waals surface area contributed by atoms with Gasteiger partial charge in [0.1, 0.15) is 0 Å². The topological polar surface area (TPSA) is 63.4 Å². The Labute approximate surface area is 99.2 Å². The first kappa shape index (κ1) is 13.9. The number of nitrogens with two attached hydrogens (primary N) is 1. The van der Waals surface area contributed by atoms with Gasteiger partial charge in [-0.15, -0.1) is 0 Å². The molecule has 1 heterocycles. The molecule has 4 nitrogen and oxygen atoms in total. The first-order valence-corrected chi connectivity index (χ1v) is 7.34. The highest BCUT2D eigenvalue weighted by atomic mass is 32.2. The van der Waals surface area contributed by atoms with E-state index in [1.165, 1.54) is 4.31 Å². The molecule has 16 heavy (non-hydrogen) atoms. The molecule has 5 heteroatoms. The fourth-order valence-electron chi connectivity index (χ4n) is 1.81. The van der Waals surface area contributed by atoms with Gasteiger partial charge in [0.25, 0.3) is 0 Å². The van der Waals surface area contributed by atoms with E-state index in [1.807, 2.05) is 34.6 Å². The van der Waals surface area contributed by atoms with Gasteiger partial charge in [0, 0.05) is 18.6 Å². The maximum Gasteiger partial charge on any atom is 0.214 e. The van der Waals surface area contributed by atoms with Crippen LogP contribution in [-0.4, -0.2) is 37.1 Å². The van der Waals surface area contributed by atoms with Gasteiger partial charge in [0.05, 0.1) is 5.75 Å². The summed E-state index contributed by atoms with van der Waals surface area (Å²) in [6, 6.07) is 0. The maximum atomic E-state index is 12.0. The van der Waals surface area contributed by atoms with E-state index in [4.69, 9.17) is 5.73 Å². The van der Waals surface area contributed by atoms with Crippen LogP contribution in [-0.2, 0) is 10.0 Å². The number of hydrogen-bond acceptors (Lipinski definition) is 3. The third kappa shape index (κ3) is 2.96. The van der Waals surface area contributed by atoms with Gasteiger partial charge in [0.15, 0.2) is 0 Å². The van der Waals surface area contributed by atoms with Crippen LogP contribution in [0.15, 0.2) is 0 Å². The van der Waals surface area contributed by atoms with Crippen LogP contribution in [0.2, 0.25) is 0 Å². The Morgan fingerprint density at radius 3 is 2.06 bits per heavy atom. The van der Waals surface area contributed by atoms with Gasteiger partial charge in [-0.05, 0) is 11.3 Å². The third-order valence-corrected chi connectivity index (χ3v) is 5.38. The lowest BCUT2D eigenvalue weighted by molar-refractivity contribution is 0.109. The molecule has 0 aromatic carbocycles. The minimum atomic E-state index is -3.13. The summed E-state index contributed by atoms with van der Waals surface area (Å²) in [7, 11) is -3.13. The molecule has 0 aliphatic carbocycles. The van der Waals surface area contributed by atoms with Crippen molar-refractivity contribution in [2.75, 3.05) is 18.8 Å². The molecular weight excluding hydrogens is 224 g/mol. The Morgan fingerprint density at radius 1 is 1.31 bits per heavy atom. The second kappa shape index (κ2) is 3.96. The summed E-state index contributed by atoms with van der Waals surface area (Å²) in [5.74, 6) is 0.502. The second-order valence-electron chi connectivity index (χ2n) is 6.47. The molecule has 2 N–H and O–H groups in total. The molecule has 0 spiro atoms. The zero-order chi connectivity index (χ0) is 12.8. The fraction of sp³-hybridized carbons (Fsp3) is 1.00. The predicted octanol–water partition coefficient (Wildman–Crippen LogP) is 1.03. The first-order valence-electron chi connectivity index (χ1n) is 5.73. The summed E-state index contributed by atoms with van der Waals surface area (Å²) in [6.45, 7) is 10.8. The van der Waals surface area contributed by atoms with Crippen LogP contribution in [0.5, 0.6) is 0 Å². The minimum absolute atomic E-state index is 0.189. The first-order chi connectivity index (χ1) is 6.96. The normalized spacial score (nSPS) is 22.2. The smallest absolute Gasteiger partial charge is 0.214 e. The Hall–Kier alpha value is -0.130. The lowest BCUT2D eigenvalue weighted by Gasteiger charge is -2.49. The molecule has 1 fully saturated rings. The van der Waals surface area contributed by atoms with Crippen molar-refractivity contribution in [3.05, 3.63) is 0 Å². The summed E-state index contributed by atoms with van der Waals surface area (Å²) in [5.41, 5.74) is 5.56. The average molecular weight is 248 g/mol. The van der Waals surface area contributed by atoms with E-state index in [2.05, 4.69) is 0 Å². The molecule has 0 amide bonds. The van der Waals surface area contributed by atoms with E-state index in [0.29, 0.717) is 19.0 Å². The van der Waals surface area contributed by atoms with Gasteiger partial charge in [-0.2, -0.15) is 4.31 Å². The molecule has 96 valence electrons. The Balaban J connectivity index is 2.64. The molecule has 1 saturated heterocycles. The fourth-order valence-corrected chi connectivity index (χ4v) is 3.96. The molecule has 1 aliphatic rings. The Morgan fingerprint density at radius 2 is 1.75 bits per heavy atom. The quantitative estimate of drug-likeness (QED) is 0.811. The monoisotopic (exact) mass is 248 g/mol. The lowest BCUT2D eigenvalue weighted by atomic mass is 9.82. The molecule has 0 radical (unpaired) electrons. The van der Waals surface area contributed by atoms with Crippen molar-refractivity contribution in [3.8, 4) is 0 Å². The van der Waals surface area contributed by atoms with Crippen LogP contribution in [0.25, 0.3) is 0 Å². The van der Waals surface area contributed by atoms with Gasteiger partial charge in [0.2, 0.25) is 10.0 Å². The molecule has 1 rings (SSSR count). The second-order valence-corrected chi connectivity index (χ2v) is 8.44.